The molecule has 1 fully saturated rings. The Bertz CT molecular complexity index is 839. The van der Waals surface area contributed by atoms with Crippen molar-refractivity contribution >= 4 is 11.9 Å². The van der Waals surface area contributed by atoms with Crippen molar-refractivity contribution < 1.29 is 29.3 Å². The maximum atomic E-state index is 9.10. The number of carboxylic acid groups (broad SMARTS) is 2. The first kappa shape index (κ1) is 25.2. The lowest BCUT2D eigenvalue weighted by Crippen LogP contribution is -2.46. The molecule has 0 amide bonds. The standard InChI is InChI=1S/C22H30N2O2.C2H2O4/c1-25-21-11-10-20(22(17-21)26-2)18-24-15-13-23(14-16-24)12-6-9-19-7-4-3-5-8-19;3-1(4)2(5)6/h3-5,7-8,10-11,17H,6,9,12-16,18H2,1-2H3;(H,3,4)(H,5,6). The summed E-state index contributed by atoms with van der Waals surface area (Å²) in [4.78, 5) is 23.3. The largest absolute Gasteiger partial charge is 0.497 e. The Kier molecular flexibility index (Phi) is 10.5. The molecular formula is C24H32N2O6. The Morgan fingerprint density at radius 3 is 2.06 bits per heavy atom. The van der Waals surface area contributed by atoms with Crippen molar-refractivity contribution in [3.8, 4) is 11.5 Å². The molecular weight excluding hydrogens is 412 g/mol. The topological polar surface area (TPSA) is 99.5 Å². The molecule has 0 bridgehead atoms. The van der Waals surface area contributed by atoms with Crippen molar-refractivity contribution in [1.29, 1.82) is 0 Å². The fourth-order valence-electron chi connectivity index (χ4n) is 3.55. The van der Waals surface area contributed by atoms with Gasteiger partial charge in [0, 0.05) is 44.4 Å². The highest BCUT2D eigenvalue weighted by atomic mass is 16.5. The Balaban J connectivity index is 0.000000534. The summed E-state index contributed by atoms with van der Waals surface area (Å²) in [6, 6.07) is 16.9. The van der Waals surface area contributed by atoms with Crippen LogP contribution in [0.4, 0.5) is 0 Å². The lowest BCUT2D eigenvalue weighted by molar-refractivity contribution is -0.159. The maximum absolute atomic E-state index is 9.10. The summed E-state index contributed by atoms with van der Waals surface area (Å²) >= 11 is 0. The zero-order chi connectivity index (χ0) is 23.3. The van der Waals surface area contributed by atoms with E-state index in [1.165, 1.54) is 30.5 Å². The second-order valence-electron chi connectivity index (χ2n) is 7.50. The van der Waals surface area contributed by atoms with E-state index in [9.17, 15) is 0 Å². The van der Waals surface area contributed by atoms with Gasteiger partial charge in [0.05, 0.1) is 14.2 Å². The first-order valence-corrected chi connectivity index (χ1v) is 10.6. The summed E-state index contributed by atoms with van der Waals surface area (Å²) in [6.45, 7) is 6.64. The van der Waals surface area contributed by atoms with Gasteiger partial charge in [-0.25, -0.2) is 9.59 Å². The van der Waals surface area contributed by atoms with E-state index in [2.05, 4.69) is 46.2 Å². The smallest absolute Gasteiger partial charge is 0.414 e. The van der Waals surface area contributed by atoms with Crippen molar-refractivity contribution in [3.05, 3.63) is 59.7 Å². The van der Waals surface area contributed by atoms with Gasteiger partial charge < -0.3 is 24.6 Å². The monoisotopic (exact) mass is 444 g/mol. The highest BCUT2D eigenvalue weighted by Crippen LogP contribution is 2.26. The van der Waals surface area contributed by atoms with Gasteiger partial charge in [-0.1, -0.05) is 36.4 Å². The Labute approximate surface area is 189 Å². The van der Waals surface area contributed by atoms with Crippen LogP contribution in [0.25, 0.3) is 0 Å². The van der Waals surface area contributed by atoms with Gasteiger partial charge in [-0.15, -0.1) is 0 Å². The fraction of sp³-hybridized carbons (Fsp3) is 0.417. The number of aliphatic carboxylic acids is 2. The molecule has 0 radical (unpaired) electrons. The average Bonchev–Trinajstić information content (AvgIpc) is 2.81. The van der Waals surface area contributed by atoms with Crippen LogP contribution in [0, 0.1) is 0 Å². The summed E-state index contributed by atoms with van der Waals surface area (Å²) in [7, 11) is 3.41. The number of carbonyl (C=O) groups is 2. The highest BCUT2D eigenvalue weighted by molar-refractivity contribution is 6.27. The molecule has 2 aromatic rings. The number of hydrogen-bond donors (Lipinski definition) is 2. The van der Waals surface area contributed by atoms with Crippen molar-refractivity contribution in [1.82, 2.24) is 9.80 Å². The van der Waals surface area contributed by atoms with Crippen LogP contribution in [0.3, 0.4) is 0 Å². The van der Waals surface area contributed by atoms with Gasteiger partial charge in [-0.2, -0.15) is 0 Å². The number of nitrogens with zero attached hydrogens (tertiary/aromatic N) is 2. The molecule has 174 valence electrons. The number of piperazine rings is 1. The van der Waals surface area contributed by atoms with Gasteiger partial charge in [-0.3, -0.25) is 4.90 Å². The summed E-state index contributed by atoms with van der Waals surface area (Å²) in [5.74, 6) is -1.89. The molecule has 1 aliphatic rings. The molecule has 1 saturated heterocycles. The number of hydrogen-bond acceptors (Lipinski definition) is 6. The molecule has 0 aliphatic carbocycles. The zero-order valence-corrected chi connectivity index (χ0v) is 18.7. The third kappa shape index (κ3) is 8.56. The van der Waals surface area contributed by atoms with E-state index in [1.807, 2.05) is 12.1 Å². The average molecular weight is 445 g/mol. The number of methoxy groups -OCH3 is 2. The van der Waals surface area contributed by atoms with Gasteiger partial charge in [0.25, 0.3) is 0 Å². The van der Waals surface area contributed by atoms with E-state index >= 15 is 0 Å². The minimum atomic E-state index is -1.82. The molecule has 8 heteroatoms. The van der Waals surface area contributed by atoms with Crippen LogP contribution in [0.2, 0.25) is 0 Å². The molecule has 0 saturated carbocycles. The number of benzene rings is 2. The first-order chi connectivity index (χ1) is 15.4. The minimum absolute atomic E-state index is 0.842. The first-order valence-electron chi connectivity index (χ1n) is 10.6. The van der Waals surface area contributed by atoms with Crippen molar-refractivity contribution in [2.24, 2.45) is 0 Å². The second-order valence-corrected chi connectivity index (χ2v) is 7.50. The van der Waals surface area contributed by atoms with Gasteiger partial charge >= 0.3 is 11.9 Å². The van der Waals surface area contributed by atoms with E-state index in [4.69, 9.17) is 29.3 Å². The summed E-state index contributed by atoms with van der Waals surface area (Å²) < 4.78 is 10.8. The number of carboxylic acids is 2. The molecule has 1 heterocycles. The quantitative estimate of drug-likeness (QED) is 0.600. The Morgan fingerprint density at radius 2 is 1.50 bits per heavy atom. The maximum Gasteiger partial charge on any atom is 0.414 e. The molecule has 0 spiro atoms. The van der Waals surface area contributed by atoms with E-state index in [1.54, 1.807) is 14.2 Å². The normalized spacial score (nSPS) is 14.2. The van der Waals surface area contributed by atoms with Gasteiger partial charge in [0.1, 0.15) is 11.5 Å². The predicted molar refractivity (Wildman–Crippen MR) is 121 cm³/mol. The van der Waals surface area contributed by atoms with Crippen LogP contribution < -0.4 is 9.47 Å². The van der Waals surface area contributed by atoms with Gasteiger partial charge in [-0.05, 0) is 31.0 Å². The molecule has 0 unspecified atom stereocenters. The molecule has 32 heavy (non-hydrogen) atoms. The SMILES string of the molecule is COc1ccc(CN2CCN(CCCc3ccccc3)CC2)c(OC)c1.O=C(O)C(=O)O. The third-order valence-electron chi connectivity index (χ3n) is 5.32. The van der Waals surface area contributed by atoms with E-state index in [0.717, 1.165) is 44.2 Å². The predicted octanol–water partition coefficient (Wildman–Crippen LogP) is 2.61. The summed E-state index contributed by atoms with van der Waals surface area (Å²) in [6.07, 6.45) is 2.40. The van der Waals surface area contributed by atoms with Crippen LogP contribution in [-0.4, -0.2) is 78.9 Å². The van der Waals surface area contributed by atoms with Gasteiger partial charge in [0.15, 0.2) is 0 Å². The number of ether oxygens (including phenoxy) is 2. The van der Waals surface area contributed by atoms with Gasteiger partial charge in [0.2, 0.25) is 0 Å². The van der Waals surface area contributed by atoms with E-state index < -0.39 is 11.9 Å². The van der Waals surface area contributed by atoms with Crippen LogP contribution in [0.5, 0.6) is 11.5 Å². The van der Waals surface area contributed by atoms with Crippen molar-refractivity contribution in [2.75, 3.05) is 46.9 Å². The molecule has 1 aliphatic heterocycles. The van der Waals surface area contributed by atoms with Crippen LogP contribution in [-0.2, 0) is 22.6 Å². The zero-order valence-electron chi connectivity index (χ0n) is 18.7. The molecule has 0 aromatic heterocycles. The van der Waals surface area contributed by atoms with E-state index in [-0.39, 0.29) is 0 Å². The fourth-order valence-corrected chi connectivity index (χ4v) is 3.55. The van der Waals surface area contributed by atoms with E-state index in [0.29, 0.717) is 0 Å². The molecule has 8 nitrogen and oxygen atoms in total. The van der Waals surface area contributed by atoms with Crippen molar-refractivity contribution in [2.45, 2.75) is 19.4 Å². The van der Waals surface area contributed by atoms with Crippen LogP contribution in [0.15, 0.2) is 48.5 Å². The molecule has 0 atom stereocenters. The number of rotatable bonds is 8. The van der Waals surface area contributed by atoms with Crippen molar-refractivity contribution in [3.63, 3.8) is 0 Å². The van der Waals surface area contributed by atoms with Crippen LogP contribution in [0.1, 0.15) is 17.5 Å². The minimum Gasteiger partial charge on any atom is -0.497 e. The van der Waals surface area contributed by atoms with Crippen LogP contribution >= 0.6 is 0 Å². The molecule has 2 aromatic carbocycles. The number of aryl methyl sites for hydroxylation is 1. The molecule has 2 N–H and O–H groups in total. The summed E-state index contributed by atoms with van der Waals surface area (Å²) in [5.41, 5.74) is 2.67. The third-order valence-corrected chi connectivity index (χ3v) is 5.32. The second kappa shape index (κ2) is 13.3. The lowest BCUT2D eigenvalue weighted by Gasteiger charge is -2.35. The Hall–Kier alpha value is -3.10. The lowest BCUT2D eigenvalue weighted by atomic mass is 10.1. The summed E-state index contributed by atoms with van der Waals surface area (Å²) in [5, 5.41) is 14.8. The molecule has 3 rings (SSSR count). The highest BCUT2D eigenvalue weighted by Gasteiger charge is 2.18. The Morgan fingerprint density at radius 1 is 0.875 bits per heavy atom.